The molecule has 1 aliphatic rings. The maximum Gasteiger partial charge on any atom is 0.254 e. The summed E-state index contributed by atoms with van der Waals surface area (Å²) >= 11 is 6.36. The minimum atomic E-state index is -0.0463. The lowest BCUT2D eigenvalue weighted by Gasteiger charge is -2.35. The largest absolute Gasteiger partial charge is 0.490 e. The number of hydrogen-bond donors (Lipinski definition) is 1. The van der Waals surface area contributed by atoms with Crippen molar-refractivity contribution in [3.63, 3.8) is 0 Å². The van der Waals surface area contributed by atoms with Crippen LogP contribution in [-0.2, 0) is 0 Å². The van der Waals surface area contributed by atoms with E-state index in [-0.39, 0.29) is 11.9 Å². The van der Waals surface area contributed by atoms with Crippen LogP contribution in [0.15, 0.2) is 12.1 Å². The number of amides is 1. The molecule has 1 heterocycles. The quantitative estimate of drug-likeness (QED) is 0.814. The van der Waals surface area contributed by atoms with Crippen LogP contribution in [0.3, 0.4) is 0 Å². The molecule has 2 rings (SSSR count). The van der Waals surface area contributed by atoms with Gasteiger partial charge in [0.15, 0.2) is 11.5 Å². The van der Waals surface area contributed by atoms with Gasteiger partial charge in [-0.2, -0.15) is 0 Å². The maximum atomic E-state index is 12.9. The Morgan fingerprint density at radius 2 is 2.12 bits per heavy atom. The smallest absolute Gasteiger partial charge is 0.254 e. The van der Waals surface area contributed by atoms with E-state index in [4.69, 9.17) is 26.8 Å². The highest BCUT2D eigenvalue weighted by molar-refractivity contribution is 6.32. The summed E-state index contributed by atoms with van der Waals surface area (Å²) in [5.74, 6) is 0.976. The van der Waals surface area contributed by atoms with Crippen LogP contribution in [0.1, 0.15) is 49.9 Å². The highest BCUT2D eigenvalue weighted by atomic mass is 35.5. The summed E-state index contributed by atoms with van der Waals surface area (Å²) in [6.07, 6.45) is 3.94. The second-order valence-corrected chi connectivity index (χ2v) is 6.36. The van der Waals surface area contributed by atoms with Crippen molar-refractivity contribution >= 4 is 17.5 Å². The van der Waals surface area contributed by atoms with Gasteiger partial charge in [-0.15, -0.1) is 0 Å². The zero-order valence-corrected chi connectivity index (χ0v) is 15.3. The van der Waals surface area contributed by atoms with Gasteiger partial charge in [0, 0.05) is 24.7 Å². The van der Waals surface area contributed by atoms with Gasteiger partial charge < -0.3 is 20.1 Å². The standard InChI is InChI=1S/C18H27ClN2O3/c1-3-9-24-17-15(19)10-13(11-16(17)23-4-2)18(22)21-8-6-5-7-14(21)12-20/h10-11,14H,3-9,12,20H2,1-2H3. The molecule has 2 N–H and O–H groups in total. The molecule has 0 spiro atoms. The third-order valence-corrected chi connectivity index (χ3v) is 4.45. The number of piperidine rings is 1. The summed E-state index contributed by atoms with van der Waals surface area (Å²) in [4.78, 5) is 14.8. The van der Waals surface area contributed by atoms with Gasteiger partial charge in [-0.3, -0.25) is 4.79 Å². The van der Waals surface area contributed by atoms with E-state index in [9.17, 15) is 4.79 Å². The second-order valence-electron chi connectivity index (χ2n) is 5.95. The number of hydrogen-bond acceptors (Lipinski definition) is 4. The zero-order valence-electron chi connectivity index (χ0n) is 14.5. The van der Waals surface area contributed by atoms with E-state index < -0.39 is 0 Å². The molecule has 1 unspecified atom stereocenters. The number of nitrogens with two attached hydrogens (primary N) is 1. The van der Waals surface area contributed by atoms with Crippen molar-refractivity contribution in [2.45, 2.75) is 45.6 Å². The average molecular weight is 355 g/mol. The van der Waals surface area contributed by atoms with Gasteiger partial charge in [0.25, 0.3) is 5.91 Å². The summed E-state index contributed by atoms with van der Waals surface area (Å²) in [6.45, 7) is 6.16. The van der Waals surface area contributed by atoms with Crippen LogP contribution in [-0.4, -0.2) is 43.2 Å². The van der Waals surface area contributed by atoms with Crippen molar-refractivity contribution < 1.29 is 14.3 Å². The molecule has 1 aromatic rings. The molecular weight excluding hydrogens is 328 g/mol. The van der Waals surface area contributed by atoms with Crippen LogP contribution in [0.2, 0.25) is 5.02 Å². The van der Waals surface area contributed by atoms with Crippen molar-refractivity contribution in [1.82, 2.24) is 4.90 Å². The molecule has 0 saturated carbocycles. The number of carbonyl (C=O) groups excluding carboxylic acids is 1. The average Bonchev–Trinajstić information content (AvgIpc) is 2.60. The van der Waals surface area contributed by atoms with E-state index in [1.165, 1.54) is 0 Å². The highest BCUT2D eigenvalue weighted by Gasteiger charge is 2.27. The summed E-state index contributed by atoms with van der Waals surface area (Å²) in [6, 6.07) is 3.49. The van der Waals surface area contributed by atoms with E-state index in [2.05, 4.69) is 0 Å². The first-order valence-corrected chi connectivity index (χ1v) is 9.10. The Bertz CT molecular complexity index is 565. The summed E-state index contributed by atoms with van der Waals surface area (Å²) in [5.41, 5.74) is 6.35. The second kappa shape index (κ2) is 9.14. The van der Waals surface area contributed by atoms with Gasteiger partial charge in [0.2, 0.25) is 0 Å². The van der Waals surface area contributed by atoms with Gasteiger partial charge >= 0.3 is 0 Å². The van der Waals surface area contributed by atoms with E-state index >= 15 is 0 Å². The van der Waals surface area contributed by atoms with Crippen LogP contribution in [0, 0.1) is 0 Å². The van der Waals surface area contributed by atoms with Gasteiger partial charge in [-0.25, -0.2) is 0 Å². The van der Waals surface area contributed by atoms with Crippen molar-refractivity contribution in [3.05, 3.63) is 22.7 Å². The number of nitrogens with zero attached hydrogens (tertiary/aromatic N) is 1. The number of likely N-dealkylation sites (tertiary alicyclic amines) is 1. The third kappa shape index (κ3) is 4.33. The van der Waals surface area contributed by atoms with Crippen molar-refractivity contribution in [2.75, 3.05) is 26.3 Å². The SMILES string of the molecule is CCCOc1c(Cl)cc(C(=O)N2CCCCC2CN)cc1OCC. The van der Waals surface area contributed by atoms with Crippen molar-refractivity contribution in [2.24, 2.45) is 5.73 Å². The molecular formula is C18H27ClN2O3. The molecule has 134 valence electrons. The third-order valence-electron chi connectivity index (χ3n) is 4.17. The molecule has 0 bridgehead atoms. The van der Waals surface area contributed by atoms with Gasteiger partial charge in [-0.1, -0.05) is 18.5 Å². The predicted octanol–water partition coefficient (Wildman–Crippen LogP) is 3.48. The molecule has 0 aromatic heterocycles. The molecule has 1 saturated heterocycles. The van der Waals surface area contributed by atoms with Gasteiger partial charge in [-0.05, 0) is 44.7 Å². The summed E-state index contributed by atoms with van der Waals surface area (Å²) in [7, 11) is 0. The fourth-order valence-corrected chi connectivity index (χ4v) is 3.24. The molecule has 0 radical (unpaired) electrons. The van der Waals surface area contributed by atoms with E-state index in [0.29, 0.717) is 41.8 Å². The Kier molecular flexibility index (Phi) is 7.18. The molecule has 24 heavy (non-hydrogen) atoms. The van der Waals surface area contributed by atoms with Gasteiger partial charge in [0.1, 0.15) is 0 Å². The lowest BCUT2D eigenvalue weighted by Crippen LogP contribution is -2.47. The normalized spacial score (nSPS) is 17.7. The first kappa shape index (κ1) is 18.9. The molecule has 6 heteroatoms. The van der Waals surface area contributed by atoms with E-state index in [1.807, 2.05) is 18.7 Å². The van der Waals surface area contributed by atoms with Crippen LogP contribution in [0.5, 0.6) is 11.5 Å². The minimum absolute atomic E-state index is 0.0463. The zero-order chi connectivity index (χ0) is 17.5. The number of ether oxygens (including phenoxy) is 2. The highest BCUT2D eigenvalue weighted by Crippen LogP contribution is 2.37. The Morgan fingerprint density at radius 1 is 1.33 bits per heavy atom. The van der Waals surface area contributed by atoms with E-state index in [0.717, 1.165) is 32.2 Å². The fraction of sp³-hybridized carbons (Fsp3) is 0.611. The Morgan fingerprint density at radius 3 is 2.79 bits per heavy atom. The first-order chi connectivity index (χ1) is 11.6. The van der Waals surface area contributed by atoms with Crippen LogP contribution in [0.4, 0.5) is 0 Å². The molecule has 1 aromatic carbocycles. The fourth-order valence-electron chi connectivity index (χ4n) is 2.98. The molecule has 1 aliphatic heterocycles. The Hall–Kier alpha value is -1.46. The van der Waals surface area contributed by atoms with Crippen molar-refractivity contribution in [3.8, 4) is 11.5 Å². The summed E-state index contributed by atoms with van der Waals surface area (Å²) < 4.78 is 11.3. The first-order valence-electron chi connectivity index (χ1n) is 8.72. The topological polar surface area (TPSA) is 64.8 Å². The molecule has 0 aliphatic carbocycles. The molecule has 5 nitrogen and oxygen atoms in total. The minimum Gasteiger partial charge on any atom is -0.490 e. The summed E-state index contributed by atoms with van der Waals surface area (Å²) in [5, 5.41) is 0.402. The van der Waals surface area contributed by atoms with Crippen molar-refractivity contribution in [1.29, 1.82) is 0 Å². The number of carbonyl (C=O) groups is 1. The van der Waals surface area contributed by atoms with E-state index in [1.54, 1.807) is 12.1 Å². The number of halogens is 1. The van der Waals surface area contributed by atoms with Gasteiger partial charge in [0.05, 0.1) is 18.2 Å². The lowest BCUT2D eigenvalue weighted by molar-refractivity contribution is 0.0623. The molecule has 1 atom stereocenters. The number of benzene rings is 1. The maximum absolute atomic E-state index is 12.9. The van der Waals surface area contributed by atoms with Crippen LogP contribution >= 0.6 is 11.6 Å². The number of rotatable bonds is 7. The van der Waals surface area contributed by atoms with Crippen LogP contribution in [0.25, 0.3) is 0 Å². The Labute approximate surface area is 149 Å². The monoisotopic (exact) mass is 354 g/mol. The van der Waals surface area contributed by atoms with Crippen LogP contribution < -0.4 is 15.2 Å². The molecule has 1 amide bonds. The lowest BCUT2D eigenvalue weighted by atomic mass is 10.0. The molecule has 1 fully saturated rings. The predicted molar refractivity (Wildman–Crippen MR) is 96.1 cm³/mol. The Balaban J connectivity index is 2.30.